The maximum atomic E-state index is 5.65. The Labute approximate surface area is 153 Å². The first-order chi connectivity index (χ1) is 12.6. The van der Waals surface area contributed by atoms with Gasteiger partial charge in [0.15, 0.2) is 0 Å². The van der Waals surface area contributed by atoms with E-state index >= 15 is 0 Å². The lowest BCUT2D eigenvalue weighted by Crippen LogP contribution is -2.05. The van der Waals surface area contributed by atoms with Crippen LogP contribution in [0.1, 0.15) is 13.8 Å². The summed E-state index contributed by atoms with van der Waals surface area (Å²) >= 11 is 0. The minimum Gasteiger partial charge on any atom is -0.497 e. The summed E-state index contributed by atoms with van der Waals surface area (Å²) in [6, 6.07) is 17.2. The van der Waals surface area contributed by atoms with Crippen molar-refractivity contribution in [1.29, 1.82) is 0 Å². The normalized spacial score (nSPS) is 10.5. The van der Waals surface area contributed by atoms with Gasteiger partial charge in [0.05, 0.1) is 13.2 Å². The van der Waals surface area contributed by atoms with Crippen LogP contribution in [0.4, 0.5) is 23.1 Å². The van der Waals surface area contributed by atoms with E-state index in [9.17, 15) is 0 Å². The third-order valence-electron chi connectivity index (χ3n) is 3.48. The zero-order valence-corrected chi connectivity index (χ0v) is 15.1. The molecule has 0 aliphatic heterocycles. The van der Waals surface area contributed by atoms with E-state index in [2.05, 4.69) is 20.6 Å². The van der Waals surface area contributed by atoms with Crippen LogP contribution in [0.15, 0.2) is 60.8 Å². The highest BCUT2D eigenvalue weighted by Crippen LogP contribution is 2.22. The van der Waals surface area contributed by atoms with E-state index in [1.165, 1.54) is 0 Å². The van der Waals surface area contributed by atoms with E-state index in [1.807, 2.05) is 68.4 Å². The number of anilines is 4. The topological polar surface area (TPSA) is 68.3 Å². The van der Waals surface area contributed by atoms with Crippen molar-refractivity contribution in [3.8, 4) is 11.5 Å². The molecule has 3 aromatic rings. The van der Waals surface area contributed by atoms with Gasteiger partial charge in [0.25, 0.3) is 0 Å². The largest absolute Gasteiger partial charge is 0.497 e. The third-order valence-corrected chi connectivity index (χ3v) is 3.48. The van der Waals surface area contributed by atoms with Gasteiger partial charge in [0.1, 0.15) is 17.3 Å². The Morgan fingerprint density at radius 1 is 0.885 bits per heavy atom. The maximum absolute atomic E-state index is 5.65. The zero-order chi connectivity index (χ0) is 18.4. The van der Waals surface area contributed by atoms with Crippen molar-refractivity contribution in [2.45, 2.75) is 20.0 Å². The van der Waals surface area contributed by atoms with Crippen molar-refractivity contribution >= 4 is 23.1 Å². The van der Waals surface area contributed by atoms with E-state index in [-0.39, 0.29) is 6.10 Å². The van der Waals surface area contributed by atoms with Crippen LogP contribution in [0, 0.1) is 0 Å². The van der Waals surface area contributed by atoms with Gasteiger partial charge in [-0.05, 0) is 56.3 Å². The van der Waals surface area contributed by atoms with Crippen molar-refractivity contribution < 1.29 is 9.47 Å². The van der Waals surface area contributed by atoms with Crippen LogP contribution in [-0.2, 0) is 0 Å². The van der Waals surface area contributed by atoms with Crippen LogP contribution in [-0.4, -0.2) is 23.2 Å². The minimum atomic E-state index is 0.154. The van der Waals surface area contributed by atoms with E-state index in [4.69, 9.17) is 9.47 Å². The predicted molar refractivity (Wildman–Crippen MR) is 104 cm³/mol. The zero-order valence-electron chi connectivity index (χ0n) is 15.1. The molecule has 0 radical (unpaired) electrons. The molecule has 3 rings (SSSR count). The molecule has 26 heavy (non-hydrogen) atoms. The van der Waals surface area contributed by atoms with Crippen molar-refractivity contribution in [1.82, 2.24) is 9.97 Å². The maximum Gasteiger partial charge on any atom is 0.229 e. The summed E-state index contributed by atoms with van der Waals surface area (Å²) in [4.78, 5) is 8.74. The van der Waals surface area contributed by atoms with Gasteiger partial charge in [0.2, 0.25) is 5.95 Å². The molecule has 1 heterocycles. The second kappa shape index (κ2) is 8.20. The summed E-state index contributed by atoms with van der Waals surface area (Å²) < 4.78 is 10.9. The van der Waals surface area contributed by atoms with Gasteiger partial charge in [-0.15, -0.1) is 0 Å². The molecular weight excluding hydrogens is 328 g/mol. The van der Waals surface area contributed by atoms with E-state index < -0.39 is 0 Å². The molecule has 0 unspecified atom stereocenters. The van der Waals surface area contributed by atoms with Gasteiger partial charge in [-0.2, -0.15) is 4.98 Å². The molecule has 1 aromatic heterocycles. The van der Waals surface area contributed by atoms with Gasteiger partial charge < -0.3 is 20.1 Å². The van der Waals surface area contributed by atoms with E-state index in [1.54, 1.807) is 13.3 Å². The minimum absolute atomic E-state index is 0.154. The SMILES string of the molecule is COc1cccc(Nc2nccc(Nc3ccc(OC(C)C)cc3)n2)c1. The highest BCUT2D eigenvalue weighted by atomic mass is 16.5. The smallest absolute Gasteiger partial charge is 0.229 e. The number of rotatable bonds is 7. The summed E-state index contributed by atoms with van der Waals surface area (Å²) in [5.41, 5.74) is 1.78. The lowest BCUT2D eigenvalue weighted by Gasteiger charge is -2.11. The van der Waals surface area contributed by atoms with Crippen LogP contribution in [0.2, 0.25) is 0 Å². The first kappa shape index (κ1) is 17.5. The number of hydrogen-bond acceptors (Lipinski definition) is 6. The van der Waals surface area contributed by atoms with Crippen LogP contribution < -0.4 is 20.1 Å². The van der Waals surface area contributed by atoms with Crippen LogP contribution in [0.25, 0.3) is 0 Å². The molecule has 0 aliphatic rings. The molecule has 0 saturated heterocycles. The van der Waals surface area contributed by atoms with Crippen molar-refractivity contribution in [2.24, 2.45) is 0 Å². The molecule has 0 aliphatic carbocycles. The van der Waals surface area contributed by atoms with Crippen LogP contribution >= 0.6 is 0 Å². The fourth-order valence-corrected chi connectivity index (χ4v) is 2.36. The molecular formula is C20H22N4O2. The Morgan fingerprint density at radius 3 is 2.42 bits per heavy atom. The molecule has 2 N–H and O–H groups in total. The van der Waals surface area contributed by atoms with Crippen LogP contribution in [0.5, 0.6) is 11.5 Å². The molecule has 0 spiro atoms. The first-order valence-corrected chi connectivity index (χ1v) is 8.40. The number of nitrogens with zero attached hydrogens (tertiary/aromatic N) is 2. The summed E-state index contributed by atoms with van der Waals surface area (Å²) in [5, 5.41) is 6.44. The number of methoxy groups -OCH3 is 1. The summed E-state index contributed by atoms with van der Waals surface area (Å²) in [5.74, 6) is 2.81. The molecule has 0 fully saturated rings. The Balaban J connectivity index is 1.69. The molecule has 0 amide bonds. The fourth-order valence-electron chi connectivity index (χ4n) is 2.36. The Morgan fingerprint density at radius 2 is 1.69 bits per heavy atom. The van der Waals surface area contributed by atoms with E-state index in [0.717, 1.165) is 22.9 Å². The monoisotopic (exact) mass is 350 g/mol. The highest BCUT2D eigenvalue weighted by Gasteiger charge is 2.03. The quantitative estimate of drug-likeness (QED) is 0.640. The molecule has 6 nitrogen and oxygen atoms in total. The van der Waals surface area contributed by atoms with E-state index in [0.29, 0.717) is 11.8 Å². The lowest BCUT2D eigenvalue weighted by molar-refractivity contribution is 0.242. The van der Waals surface area contributed by atoms with Gasteiger partial charge in [-0.25, -0.2) is 4.98 Å². The van der Waals surface area contributed by atoms with Gasteiger partial charge in [-0.3, -0.25) is 0 Å². The molecule has 6 heteroatoms. The van der Waals surface area contributed by atoms with Crippen LogP contribution in [0.3, 0.4) is 0 Å². The average molecular weight is 350 g/mol. The second-order valence-corrected chi connectivity index (χ2v) is 5.94. The summed E-state index contributed by atoms with van der Waals surface area (Å²) in [7, 11) is 1.64. The third kappa shape index (κ3) is 4.86. The van der Waals surface area contributed by atoms with Crippen molar-refractivity contribution in [3.05, 3.63) is 60.8 Å². The Bertz CT molecular complexity index is 850. The Kier molecular flexibility index (Phi) is 5.53. The van der Waals surface area contributed by atoms with Crippen molar-refractivity contribution in [3.63, 3.8) is 0 Å². The highest BCUT2D eigenvalue weighted by molar-refractivity contribution is 5.60. The number of ether oxygens (including phenoxy) is 2. The number of benzene rings is 2. The fraction of sp³-hybridized carbons (Fsp3) is 0.200. The molecule has 134 valence electrons. The summed E-state index contributed by atoms with van der Waals surface area (Å²) in [6.45, 7) is 4.01. The lowest BCUT2D eigenvalue weighted by atomic mass is 10.3. The average Bonchev–Trinajstić information content (AvgIpc) is 2.63. The molecule has 0 saturated carbocycles. The van der Waals surface area contributed by atoms with Crippen molar-refractivity contribution in [2.75, 3.05) is 17.7 Å². The first-order valence-electron chi connectivity index (χ1n) is 8.40. The second-order valence-electron chi connectivity index (χ2n) is 5.94. The van der Waals surface area contributed by atoms with Gasteiger partial charge >= 0.3 is 0 Å². The standard InChI is InChI=1S/C20H22N4O2/c1-14(2)26-17-9-7-15(8-10-17)22-19-11-12-21-20(24-19)23-16-5-4-6-18(13-16)25-3/h4-14H,1-3H3,(H2,21,22,23,24). The van der Waals surface area contributed by atoms with Gasteiger partial charge in [0, 0.05) is 23.6 Å². The summed E-state index contributed by atoms with van der Waals surface area (Å²) in [6.07, 6.45) is 1.86. The number of nitrogens with one attached hydrogen (secondary N) is 2. The Hall–Kier alpha value is -3.28. The van der Waals surface area contributed by atoms with Gasteiger partial charge in [-0.1, -0.05) is 6.07 Å². The number of aromatic nitrogens is 2. The molecule has 0 bridgehead atoms. The predicted octanol–water partition coefficient (Wildman–Crippen LogP) is 4.76. The number of hydrogen-bond donors (Lipinski definition) is 2. The molecule has 0 atom stereocenters. The molecule has 2 aromatic carbocycles.